The molecule has 1 rings (SSSR count). The zero-order valence-corrected chi connectivity index (χ0v) is 13.0. The van der Waals surface area contributed by atoms with Crippen LogP contribution in [-0.2, 0) is 10.9 Å². The number of hydrogen-bond acceptors (Lipinski definition) is 2. The van der Waals surface area contributed by atoms with Crippen molar-refractivity contribution in [1.29, 1.82) is 0 Å². The maximum Gasteiger partial charge on any atom is 0.332 e. The minimum absolute atomic E-state index is 0.0828. The number of aryl methyl sites for hydroxylation is 1. The van der Waals surface area contributed by atoms with Gasteiger partial charge in [0.1, 0.15) is 11.4 Å². The Bertz CT molecular complexity index is 388. The first-order chi connectivity index (χ1) is 8.22. The molecule has 3 heteroatoms. The summed E-state index contributed by atoms with van der Waals surface area (Å²) >= 11 is 0. The van der Waals surface area contributed by atoms with E-state index < -0.39 is 0 Å². The lowest BCUT2D eigenvalue weighted by Gasteiger charge is -2.21. The summed E-state index contributed by atoms with van der Waals surface area (Å²) in [5.41, 5.74) is 1.11. The Morgan fingerprint density at radius 2 is 1.61 bits per heavy atom. The fourth-order valence-electron chi connectivity index (χ4n) is 1.59. The highest BCUT2D eigenvalue weighted by molar-refractivity contribution is 6.22. The van der Waals surface area contributed by atoms with Crippen LogP contribution in [0, 0.1) is 0 Å². The molecule has 0 spiro atoms. The van der Waals surface area contributed by atoms with Gasteiger partial charge in [-0.3, -0.25) is 0 Å². The molecule has 1 radical (unpaired) electrons. The van der Waals surface area contributed by atoms with Crippen molar-refractivity contribution in [2.45, 2.75) is 58.1 Å². The molecule has 99 valence electrons. The van der Waals surface area contributed by atoms with Crippen LogP contribution in [0.2, 0.25) is 5.04 Å². The van der Waals surface area contributed by atoms with Gasteiger partial charge >= 0.3 is 9.41 Å². The fraction of sp³-hybridized carbons (Fsp3) is 0.600. The van der Waals surface area contributed by atoms with Gasteiger partial charge in [0.25, 0.3) is 0 Å². The van der Waals surface area contributed by atoms with Crippen LogP contribution in [0.4, 0.5) is 0 Å². The zero-order chi connectivity index (χ0) is 13.8. The summed E-state index contributed by atoms with van der Waals surface area (Å²) in [5.74, 6) is 0.899. The molecule has 0 fully saturated rings. The van der Waals surface area contributed by atoms with E-state index in [4.69, 9.17) is 4.74 Å². The molecule has 0 saturated carbocycles. The van der Waals surface area contributed by atoms with E-state index in [1.807, 2.05) is 46.8 Å². The SMILES string of the molecule is CC(C)(C)Oc1ccc(CCC(C)(C)[Si]=O)cc1. The number of ether oxygens (including phenoxy) is 1. The maximum absolute atomic E-state index is 11.0. The molecule has 0 bridgehead atoms. The number of hydrogen-bond donors (Lipinski definition) is 0. The zero-order valence-electron chi connectivity index (χ0n) is 12.0. The van der Waals surface area contributed by atoms with Crippen molar-refractivity contribution in [1.82, 2.24) is 0 Å². The molecule has 0 aromatic heterocycles. The van der Waals surface area contributed by atoms with E-state index in [9.17, 15) is 4.46 Å². The van der Waals surface area contributed by atoms with Gasteiger partial charge in [0, 0.05) is 5.04 Å². The van der Waals surface area contributed by atoms with Gasteiger partial charge in [0.15, 0.2) is 0 Å². The first-order valence-electron chi connectivity index (χ1n) is 6.39. The Morgan fingerprint density at radius 1 is 1.06 bits per heavy atom. The Hall–Kier alpha value is -0.963. The van der Waals surface area contributed by atoms with Crippen LogP contribution in [0.5, 0.6) is 5.75 Å². The van der Waals surface area contributed by atoms with E-state index in [2.05, 4.69) is 12.1 Å². The quantitative estimate of drug-likeness (QED) is 0.749. The molecule has 0 aliphatic rings. The van der Waals surface area contributed by atoms with Crippen molar-refractivity contribution in [3.8, 4) is 5.75 Å². The third-order valence-corrected chi connectivity index (χ3v) is 3.46. The van der Waals surface area contributed by atoms with Crippen LogP contribution in [0.1, 0.15) is 46.6 Å². The van der Waals surface area contributed by atoms with E-state index in [1.165, 1.54) is 5.56 Å². The van der Waals surface area contributed by atoms with E-state index in [1.54, 1.807) is 0 Å². The summed E-state index contributed by atoms with van der Waals surface area (Å²) in [5, 5.41) is -0.0828. The summed E-state index contributed by atoms with van der Waals surface area (Å²) in [4.78, 5) is 0. The van der Waals surface area contributed by atoms with E-state index >= 15 is 0 Å². The highest BCUT2D eigenvalue weighted by atomic mass is 28.2. The molecule has 0 N–H and O–H groups in total. The van der Waals surface area contributed by atoms with E-state index in [0.717, 1.165) is 18.6 Å². The van der Waals surface area contributed by atoms with Crippen molar-refractivity contribution in [2.75, 3.05) is 0 Å². The lowest BCUT2D eigenvalue weighted by molar-refractivity contribution is 0.131. The molecular formula is C15H23O2Si. The number of rotatable bonds is 5. The third-order valence-electron chi connectivity index (χ3n) is 2.66. The predicted molar refractivity (Wildman–Crippen MR) is 75.6 cm³/mol. The van der Waals surface area contributed by atoms with Crippen LogP contribution >= 0.6 is 0 Å². The minimum Gasteiger partial charge on any atom is -0.488 e. The van der Waals surface area contributed by atoms with E-state index in [0.29, 0.717) is 0 Å². The second-order valence-electron chi connectivity index (χ2n) is 6.34. The van der Waals surface area contributed by atoms with Gasteiger partial charge in [0.05, 0.1) is 0 Å². The molecule has 0 atom stereocenters. The van der Waals surface area contributed by atoms with Crippen LogP contribution in [0.15, 0.2) is 24.3 Å². The molecule has 0 aliphatic carbocycles. The molecule has 0 heterocycles. The number of benzene rings is 1. The smallest absolute Gasteiger partial charge is 0.332 e. The van der Waals surface area contributed by atoms with Crippen LogP contribution in [-0.4, -0.2) is 15.0 Å². The average Bonchev–Trinajstić information content (AvgIpc) is 2.26. The van der Waals surface area contributed by atoms with Gasteiger partial charge in [-0.1, -0.05) is 26.0 Å². The second kappa shape index (κ2) is 5.78. The molecule has 1 aromatic rings. The highest BCUT2D eigenvalue weighted by Gasteiger charge is 2.18. The van der Waals surface area contributed by atoms with Crippen molar-refractivity contribution in [3.63, 3.8) is 0 Å². The van der Waals surface area contributed by atoms with Gasteiger partial charge in [-0.15, -0.1) is 0 Å². The summed E-state index contributed by atoms with van der Waals surface area (Å²) in [6.45, 7) is 10.2. The summed E-state index contributed by atoms with van der Waals surface area (Å²) in [7, 11) is -0.248. The fourth-order valence-corrected chi connectivity index (χ4v) is 1.81. The Morgan fingerprint density at radius 3 is 2.06 bits per heavy atom. The normalized spacial score (nSPS) is 12.3. The maximum atomic E-state index is 11.0. The topological polar surface area (TPSA) is 26.3 Å². The minimum atomic E-state index is -0.248. The van der Waals surface area contributed by atoms with Crippen LogP contribution in [0.25, 0.3) is 0 Å². The molecule has 0 aliphatic heterocycles. The van der Waals surface area contributed by atoms with Crippen molar-refractivity contribution < 1.29 is 9.20 Å². The van der Waals surface area contributed by atoms with Gasteiger partial charge in [-0.25, -0.2) is 0 Å². The molecule has 1 aromatic carbocycles. The molecule has 2 nitrogen and oxygen atoms in total. The largest absolute Gasteiger partial charge is 0.488 e. The Balaban J connectivity index is 2.58. The summed E-state index contributed by atoms with van der Waals surface area (Å²) < 4.78 is 16.8. The van der Waals surface area contributed by atoms with Gasteiger partial charge in [0.2, 0.25) is 0 Å². The second-order valence-corrected chi connectivity index (χ2v) is 7.90. The molecule has 0 unspecified atom stereocenters. The molecule has 18 heavy (non-hydrogen) atoms. The monoisotopic (exact) mass is 263 g/mol. The van der Waals surface area contributed by atoms with Crippen molar-refractivity contribution in [3.05, 3.63) is 29.8 Å². The molecule has 0 saturated heterocycles. The average molecular weight is 263 g/mol. The summed E-state index contributed by atoms with van der Waals surface area (Å²) in [6, 6.07) is 8.19. The van der Waals surface area contributed by atoms with Crippen LogP contribution < -0.4 is 4.74 Å². The molecule has 0 amide bonds. The Kier molecular flexibility index (Phi) is 4.85. The molecular weight excluding hydrogens is 240 g/mol. The lowest BCUT2D eigenvalue weighted by atomic mass is 10.0. The van der Waals surface area contributed by atoms with Crippen LogP contribution in [0.3, 0.4) is 0 Å². The van der Waals surface area contributed by atoms with Crippen molar-refractivity contribution in [2.24, 2.45) is 0 Å². The lowest BCUT2D eigenvalue weighted by Crippen LogP contribution is -2.22. The Labute approximate surface area is 113 Å². The first-order valence-corrected chi connectivity index (χ1v) is 7.30. The summed E-state index contributed by atoms with van der Waals surface area (Å²) in [6.07, 6.45) is 1.90. The predicted octanol–water partition coefficient (Wildman–Crippen LogP) is 4.04. The third kappa shape index (κ3) is 5.58. The van der Waals surface area contributed by atoms with Gasteiger partial charge in [-0.05, 0) is 51.3 Å². The highest BCUT2D eigenvalue weighted by Crippen LogP contribution is 2.27. The van der Waals surface area contributed by atoms with Gasteiger partial charge < -0.3 is 9.20 Å². The van der Waals surface area contributed by atoms with Crippen molar-refractivity contribution >= 4 is 9.41 Å². The van der Waals surface area contributed by atoms with Gasteiger partial charge in [-0.2, -0.15) is 0 Å². The standard InChI is InChI=1S/C15H23O2Si/c1-14(2,3)17-13-8-6-12(7-9-13)10-11-15(4,5)18-16/h6-9H,10-11H2,1-5H3. The first kappa shape index (κ1) is 15.1. The van der Waals surface area contributed by atoms with E-state index in [-0.39, 0.29) is 20.0 Å².